The normalized spacial score (nSPS) is 11.1. The molecule has 3 aromatic carbocycles. The van der Waals surface area contributed by atoms with Crippen molar-refractivity contribution in [1.82, 2.24) is 30.0 Å². The third kappa shape index (κ3) is 3.57. The van der Waals surface area contributed by atoms with E-state index in [2.05, 4.69) is 30.8 Å². The Labute approximate surface area is 200 Å². The van der Waals surface area contributed by atoms with Crippen molar-refractivity contribution in [2.45, 2.75) is 6.92 Å². The second-order valence-corrected chi connectivity index (χ2v) is 8.04. The maximum absolute atomic E-state index is 12.7. The van der Waals surface area contributed by atoms with Gasteiger partial charge in [0, 0.05) is 16.7 Å². The molecule has 0 spiro atoms. The summed E-state index contributed by atoms with van der Waals surface area (Å²) in [6, 6.07) is 28.9. The highest BCUT2D eigenvalue weighted by Gasteiger charge is 2.22. The molecule has 1 N–H and O–H groups in total. The zero-order valence-electron chi connectivity index (χ0n) is 18.8. The molecule has 6 rings (SSSR count). The van der Waals surface area contributed by atoms with E-state index >= 15 is 0 Å². The number of benzene rings is 3. The molecule has 8 heteroatoms. The highest BCUT2D eigenvalue weighted by atomic mass is 16.1. The first-order chi connectivity index (χ1) is 17.2. The summed E-state index contributed by atoms with van der Waals surface area (Å²) < 4.78 is 1.66. The molecule has 168 valence electrons. The first kappa shape index (κ1) is 20.6. The Hall–Kier alpha value is -4.98. The van der Waals surface area contributed by atoms with Gasteiger partial charge in [-0.3, -0.25) is 4.79 Å². The molecule has 0 unspecified atom stereocenters. The number of anilines is 1. The summed E-state index contributed by atoms with van der Waals surface area (Å²) in [7, 11) is 0. The summed E-state index contributed by atoms with van der Waals surface area (Å²) in [5.74, 6) is 0.0619. The van der Waals surface area contributed by atoms with Gasteiger partial charge in [-0.1, -0.05) is 78.9 Å². The van der Waals surface area contributed by atoms with E-state index in [4.69, 9.17) is 0 Å². The number of amides is 1. The van der Waals surface area contributed by atoms with Crippen molar-refractivity contribution in [3.05, 3.63) is 102 Å². The van der Waals surface area contributed by atoms with Crippen molar-refractivity contribution in [3.8, 4) is 22.4 Å². The van der Waals surface area contributed by atoms with Crippen molar-refractivity contribution in [2.75, 3.05) is 5.32 Å². The van der Waals surface area contributed by atoms with Gasteiger partial charge in [0.1, 0.15) is 5.69 Å². The second kappa shape index (κ2) is 8.42. The minimum absolute atomic E-state index is 0.268. The molecule has 8 nitrogen and oxygen atoms in total. The van der Waals surface area contributed by atoms with Crippen LogP contribution < -0.4 is 5.32 Å². The number of aromatic nitrogens is 6. The first-order valence-corrected chi connectivity index (χ1v) is 11.1. The van der Waals surface area contributed by atoms with Crippen molar-refractivity contribution < 1.29 is 4.79 Å². The van der Waals surface area contributed by atoms with Crippen LogP contribution in [0.2, 0.25) is 0 Å². The van der Waals surface area contributed by atoms with Gasteiger partial charge in [-0.2, -0.15) is 0 Å². The monoisotopic (exact) mass is 457 g/mol. The fraction of sp³-hybridized carbons (Fsp3) is 0.0370. The van der Waals surface area contributed by atoms with Crippen molar-refractivity contribution >= 4 is 28.4 Å². The van der Waals surface area contributed by atoms with Crippen LogP contribution in [0.4, 0.5) is 5.82 Å². The average Bonchev–Trinajstić information content (AvgIpc) is 3.31. The van der Waals surface area contributed by atoms with Gasteiger partial charge in [-0.15, -0.1) is 25.5 Å². The molecule has 0 atom stereocenters. The molecule has 0 fully saturated rings. The van der Waals surface area contributed by atoms with E-state index in [0.29, 0.717) is 28.4 Å². The lowest BCUT2D eigenvalue weighted by atomic mass is 9.97. The zero-order valence-corrected chi connectivity index (χ0v) is 18.8. The maximum Gasteiger partial charge on any atom is 0.256 e. The molecule has 0 bridgehead atoms. The Morgan fingerprint density at radius 3 is 2.06 bits per heavy atom. The number of carbonyl (C=O) groups is 1. The third-order valence-corrected chi connectivity index (χ3v) is 5.86. The van der Waals surface area contributed by atoms with E-state index in [9.17, 15) is 4.79 Å². The molecule has 6 aromatic rings. The molecule has 0 radical (unpaired) electrons. The number of carbonyl (C=O) groups excluding carboxylic acids is 1. The van der Waals surface area contributed by atoms with E-state index in [0.717, 1.165) is 27.8 Å². The molecule has 0 aliphatic carbocycles. The summed E-state index contributed by atoms with van der Waals surface area (Å²) in [5.41, 5.74) is 5.69. The van der Waals surface area contributed by atoms with Crippen LogP contribution in [-0.4, -0.2) is 35.9 Å². The molecule has 0 aliphatic rings. The molecule has 0 saturated carbocycles. The van der Waals surface area contributed by atoms with Gasteiger partial charge >= 0.3 is 0 Å². The van der Waals surface area contributed by atoms with E-state index in [1.807, 2.05) is 85.8 Å². The van der Waals surface area contributed by atoms with Crippen LogP contribution in [0, 0.1) is 6.92 Å². The van der Waals surface area contributed by atoms with Crippen LogP contribution in [0.25, 0.3) is 39.1 Å². The van der Waals surface area contributed by atoms with Gasteiger partial charge in [0.15, 0.2) is 11.5 Å². The third-order valence-electron chi connectivity index (χ3n) is 5.86. The predicted octanol–water partition coefficient (Wildman–Crippen LogP) is 4.96. The fourth-order valence-corrected chi connectivity index (χ4v) is 4.12. The number of rotatable bonds is 4. The number of hydrogen-bond donors (Lipinski definition) is 1. The van der Waals surface area contributed by atoms with Crippen LogP contribution in [0.1, 0.15) is 16.1 Å². The lowest BCUT2D eigenvalue weighted by Gasteiger charge is -2.10. The van der Waals surface area contributed by atoms with Crippen molar-refractivity contribution in [3.63, 3.8) is 0 Å². The summed E-state index contributed by atoms with van der Waals surface area (Å²) in [5, 5.41) is 26.0. The Bertz CT molecular complexity index is 1680. The quantitative estimate of drug-likeness (QED) is 0.402. The van der Waals surface area contributed by atoms with E-state index in [-0.39, 0.29) is 5.91 Å². The molecule has 1 amide bonds. The average molecular weight is 457 g/mol. The van der Waals surface area contributed by atoms with Crippen molar-refractivity contribution in [1.29, 1.82) is 0 Å². The van der Waals surface area contributed by atoms with Crippen LogP contribution in [0.3, 0.4) is 0 Å². The Morgan fingerprint density at radius 1 is 0.743 bits per heavy atom. The molecular weight excluding hydrogens is 438 g/mol. The van der Waals surface area contributed by atoms with Crippen LogP contribution in [0.5, 0.6) is 0 Å². The summed E-state index contributed by atoms with van der Waals surface area (Å²) in [6.07, 6.45) is 0. The molecule has 3 aromatic heterocycles. The van der Waals surface area contributed by atoms with Gasteiger partial charge in [0.2, 0.25) is 5.65 Å². The van der Waals surface area contributed by atoms with Gasteiger partial charge in [0.05, 0.1) is 11.1 Å². The van der Waals surface area contributed by atoms with Crippen LogP contribution in [0.15, 0.2) is 91.0 Å². The molecule has 0 saturated heterocycles. The van der Waals surface area contributed by atoms with E-state index in [1.165, 1.54) is 0 Å². The number of nitrogens with one attached hydrogen (secondary N) is 1. The number of fused-ring (bicyclic) bond motifs is 3. The van der Waals surface area contributed by atoms with Gasteiger partial charge in [0.25, 0.3) is 5.91 Å². The Morgan fingerprint density at radius 2 is 1.37 bits per heavy atom. The Kier molecular flexibility index (Phi) is 4.96. The minimum atomic E-state index is -0.268. The Balaban J connectivity index is 1.56. The highest BCUT2D eigenvalue weighted by Crippen LogP contribution is 2.37. The SMILES string of the molecule is Cc1c(NC(=O)c2ccccc2)nnc2c3c(-c4ccccc4)c(-c4ccccc4)nnc3nn12. The molecule has 3 heterocycles. The summed E-state index contributed by atoms with van der Waals surface area (Å²) in [4.78, 5) is 12.7. The topological polar surface area (TPSA) is 98.0 Å². The number of hydrogen-bond acceptors (Lipinski definition) is 6. The molecule has 35 heavy (non-hydrogen) atoms. The highest BCUT2D eigenvalue weighted by molar-refractivity contribution is 6.07. The van der Waals surface area contributed by atoms with E-state index in [1.54, 1.807) is 16.6 Å². The standard InChI is InChI=1S/C27H19N7O/c1-17-24(28-27(35)20-15-9-4-10-16-20)30-32-26-22-21(18-11-5-2-6-12-18)23(19-13-7-3-8-14-19)29-31-25(22)33-34(17)26/h2-16H,1H3,(H,28,35). The van der Waals surface area contributed by atoms with E-state index < -0.39 is 0 Å². The van der Waals surface area contributed by atoms with Gasteiger partial charge in [-0.25, -0.2) is 4.52 Å². The second-order valence-electron chi connectivity index (χ2n) is 8.04. The lowest BCUT2D eigenvalue weighted by molar-refractivity contribution is 0.102. The van der Waals surface area contributed by atoms with Gasteiger partial charge in [-0.05, 0) is 24.6 Å². The van der Waals surface area contributed by atoms with Crippen LogP contribution >= 0.6 is 0 Å². The summed E-state index contributed by atoms with van der Waals surface area (Å²) in [6.45, 7) is 1.84. The largest absolute Gasteiger partial charge is 0.304 e. The number of aryl methyl sites for hydroxylation is 1. The lowest BCUT2D eigenvalue weighted by Crippen LogP contribution is -2.16. The zero-order chi connectivity index (χ0) is 23.8. The first-order valence-electron chi connectivity index (χ1n) is 11.1. The molecular formula is C27H19N7O. The van der Waals surface area contributed by atoms with Crippen molar-refractivity contribution in [2.24, 2.45) is 0 Å². The summed E-state index contributed by atoms with van der Waals surface area (Å²) >= 11 is 0. The fourth-order valence-electron chi connectivity index (χ4n) is 4.12. The smallest absolute Gasteiger partial charge is 0.256 e. The maximum atomic E-state index is 12.7. The van der Waals surface area contributed by atoms with Crippen LogP contribution in [-0.2, 0) is 0 Å². The molecule has 0 aliphatic heterocycles. The number of nitrogens with zero attached hydrogens (tertiary/aromatic N) is 6. The van der Waals surface area contributed by atoms with Gasteiger partial charge < -0.3 is 5.32 Å². The predicted molar refractivity (Wildman–Crippen MR) is 134 cm³/mol. The minimum Gasteiger partial charge on any atom is -0.304 e.